The number of rotatable bonds is 0. The Balaban J connectivity index is 2.28. The first kappa shape index (κ1) is 11.4. The van der Waals surface area contributed by atoms with Crippen molar-refractivity contribution in [2.75, 3.05) is 13.2 Å². The summed E-state index contributed by atoms with van der Waals surface area (Å²) in [6.45, 7) is 5.40. The normalized spacial score (nSPS) is 24.6. The Morgan fingerprint density at radius 2 is 2.06 bits per heavy atom. The summed E-state index contributed by atoms with van der Waals surface area (Å²) < 4.78 is 12.3. The van der Waals surface area contributed by atoms with Gasteiger partial charge in [0, 0.05) is 10.0 Å². The summed E-state index contributed by atoms with van der Waals surface area (Å²) in [4.78, 5) is 0. The minimum atomic E-state index is -0.465. The lowest BCUT2D eigenvalue weighted by Crippen LogP contribution is -2.18. The Hall–Kier alpha value is -0.740. The Morgan fingerprint density at radius 1 is 1.35 bits per heavy atom. The maximum Gasteiger partial charge on any atom is 0.167 e. The molecule has 1 heterocycles. The maximum absolute atomic E-state index is 10.2. The Kier molecular flexibility index (Phi) is 2.42. The molecule has 1 atom stereocenters. The molecule has 3 nitrogen and oxygen atoms in total. The molecular weight excluding hydrogens is 284 g/mol. The summed E-state index contributed by atoms with van der Waals surface area (Å²) in [6.07, 6.45) is 0.258. The van der Waals surface area contributed by atoms with E-state index in [2.05, 4.69) is 29.8 Å². The number of halogens is 1. The van der Waals surface area contributed by atoms with Gasteiger partial charge in [-0.1, -0.05) is 29.8 Å². The van der Waals surface area contributed by atoms with Gasteiger partial charge in [-0.05, 0) is 23.5 Å². The second-order valence-corrected chi connectivity index (χ2v) is 6.13. The fourth-order valence-corrected chi connectivity index (χ4v) is 3.83. The molecule has 2 aliphatic rings. The quantitative estimate of drug-likeness (QED) is 0.800. The molecule has 1 aliphatic heterocycles. The number of aliphatic hydroxyl groups excluding tert-OH is 1. The molecule has 1 aromatic rings. The lowest BCUT2D eigenvalue weighted by atomic mass is 9.86. The van der Waals surface area contributed by atoms with Crippen molar-refractivity contribution in [3.05, 3.63) is 21.7 Å². The zero-order valence-corrected chi connectivity index (χ0v) is 11.5. The van der Waals surface area contributed by atoms with Gasteiger partial charge in [-0.3, -0.25) is 0 Å². The van der Waals surface area contributed by atoms with Gasteiger partial charge in [0.15, 0.2) is 11.5 Å². The van der Waals surface area contributed by atoms with Crippen molar-refractivity contribution in [3.63, 3.8) is 0 Å². The van der Waals surface area contributed by atoms with Crippen LogP contribution in [0.4, 0.5) is 0 Å². The number of aliphatic hydroxyl groups is 1. The van der Waals surface area contributed by atoms with Crippen molar-refractivity contribution in [2.24, 2.45) is 0 Å². The van der Waals surface area contributed by atoms with Crippen LogP contribution in [-0.4, -0.2) is 18.3 Å². The van der Waals surface area contributed by atoms with E-state index in [9.17, 15) is 5.11 Å². The van der Waals surface area contributed by atoms with Crippen LogP contribution in [-0.2, 0) is 5.41 Å². The van der Waals surface area contributed by atoms with Crippen LogP contribution in [0.5, 0.6) is 11.5 Å². The molecule has 0 radical (unpaired) electrons. The molecule has 0 fully saturated rings. The Morgan fingerprint density at radius 3 is 2.82 bits per heavy atom. The van der Waals surface area contributed by atoms with Crippen LogP contribution in [0.3, 0.4) is 0 Å². The summed E-state index contributed by atoms with van der Waals surface area (Å²) >= 11 is 3.58. The van der Waals surface area contributed by atoms with Crippen molar-refractivity contribution in [1.82, 2.24) is 0 Å². The molecule has 0 saturated carbocycles. The lowest BCUT2D eigenvalue weighted by molar-refractivity contribution is 0.142. The average Bonchev–Trinajstić information content (AvgIpc) is 2.50. The van der Waals surface area contributed by atoms with Crippen molar-refractivity contribution in [1.29, 1.82) is 0 Å². The Labute approximate surface area is 109 Å². The molecule has 1 N–H and O–H groups in total. The van der Waals surface area contributed by atoms with Crippen LogP contribution in [0.1, 0.15) is 37.5 Å². The highest BCUT2D eigenvalue weighted by Crippen LogP contribution is 2.54. The van der Waals surface area contributed by atoms with E-state index < -0.39 is 6.10 Å². The molecule has 17 heavy (non-hydrogen) atoms. The van der Waals surface area contributed by atoms with Gasteiger partial charge in [0.25, 0.3) is 0 Å². The highest BCUT2D eigenvalue weighted by Gasteiger charge is 2.41. The number of hydrogen-bond donors (Lipinski definition) is 1. The first-order valence-electron chi connectivity index (χ1n) is 5.81. The fourth-order valence-electron chi connectivity index (χ4n) is 2.87. The molecule has 0 saturated heterocycles. The summed E-state index contributed by atoms with van der Waals surface area (Å²) in [5.41, 5.74) is 2.01. The van der Waals surface area contributed by atoms with Crippen LogP contribution in [0, 0.1) is 0 Å². The molecule has 0 bridgehead atoms. The number of hydrogen-bond acceptors (Lipinski definition) is 3. The third-order valence-corrected chi connectivity index (χ3v) is 4.16. The molecule has 92 valence electrons. The summed E-state index contributed by atoms with van der Waals surface area (Å²) in [5.74, 6) is 1.46. The zero-order chi connectivity index (χ0) is 12.2. The number of fused-ring (bicyclic) bond motifs is 3. The average molecular weight is 299 g/mol. The third kappa shape index (κ3) is 1.58. The second-order valence-electron chi connectivity index (χ2n) is 5.28. The molecule has 0 amide bonds. The Bertz CT molecular complexity index is 482. The van der Waals surface area contributed by atoms with Gasteiger partial charge in [-0.15, -0.1) is 0 Å². The predicted octanol–water partition coefficient (Wildman–Crippen LogP) is 2.94. The van der Waals surface area contributed by atoms with Gasteiger partial charge in [-0.2, -0.15) is 0 Å². The molecule has 0 aromatic heterocycles. The van der Waals surface area contributed by atoms with Crippen LogP contribution in [0.25, 0.3) is 0 Å². The first-order valence-corrected chi connectivity index (χ1v) is 6.60. The van der Waals surface area contributed by atoms with E-state index in [1.54, 1.807) is 0 Å². The lowest BCUT2D eigenvalue weighted by Gasteiger charge is -2.25. The smallest absolute Gasteiger partial charge is 0.167 e. The molecule has 4 heteroatoms. The van der Waals surface area contributed by atoms with E-state index in [0.29, 0.717) is 13.2 Å². The van der Waals surface area contributed by atoms with Gasteiger partial charge in [0.2, 0.25) is 0 Å². The topological polar surface area (TPSA) is 38.7 Å². The van der Waals surface area contributed by atoms with E-state index in [-0.39, 0.29) is 5.41 Å². The highest BCUT2D eigenvalue weighted by molar-refractivity contribution is 9.10. The van der Waals surface area contributed by atoms with Gasteiger partial charge in [0.05, 0.1) is 6.10 Å². The van der Waals surface area contributed by atoms with E-state index in [0.717, 1.165) is 33.5 Å². The summed E-state index contributed by atoms with van der Waals surface area (Å²) in [6, 6.07) is 1.95. The number of ether oxygens (including phenoxy) is 2. The number of benzene rings is 1. The van der Waals surface area contributed by atoms with E-state index in [1.807, 2.05) is 6.07 Å². The largest absolute Gasteiger partial charge is 0.486 e. The SMILES string of the molecule is CC1(C)CC(O)c2c3c(cc(Br)c21)OCCO3. The van der Waals surface area contributed by atoms with Crippen molar-refractivity contribution >= 4 is 15.9 Å². The second kappa shape index (κ2) is 3.62. The third-order valence-electron chi connectivity index (χ3n) is 3.54. The molecule has 0 spiro atoms. The molecule has 1 aromatic carbocycles. The van der Waals surface area contributed by atoms with Crippen LogP contribution >= 0.6 is 15.9 Å². The molecule has 1 aliphatic carbocycles. The molecule has 1 unspecified atom stereocenters. The van der Waals surface area contributed by atoms with Crippen LogP contribution in [0.2, 0.25) is 0 Å². The maximum atomic E-state index is 10.2. The van der Waals surface area contributed by atoms with Crippen molar-refractivity contribution in [3.8, 4) is 11.5 Å². The van der Waals surface area contributed by atoms with Crippen molar-refractivity contribution < 1.29 is 14.6 Å². The van der Waals surface area contributed by atoms with E-state index >= 15 is 0 Å². The first-order chi connectivity index (χ1) is 8.00. The van der Waals surface area contributed by atoms with Gasteiger partial charge in [-0.25, -0.2) is 0 Å². The van der Waals surface area contributed by atoms with Crippen molar-refractivity contribution in [2.45, 2.75) is 31.8 Å². The minimum Gasteiger partial charge on any atom is -0.486 e. The van der Waals surface area contributed by atoms with E-state index in [1.165, 1.54) is 0 Å². The van der Waals surface area contributed by atoms with E-state index in [4.69, 9.17) is 9.47 Å². The highest BCUT2D eigenvalue weighted by atomic mass is 79.9. The fraction of sp³-hybridized carbons (Fsp3) is 0.538. The monoisotopic (exact) mass is 298 g/mol. The standard InChI is InChI=1S/C13H15BrO3/c1-13(2)6-8(15)10-11(13)7(14)5-9-12(10)17-4-3-16-9/h5,8,15H,3-4,6H2,1-2H3. The van der Waals surface area contributed by atoms with Gasteiger partial charge in [0.1, 0.15) is 13.2 Å². The van der Waals surface area contributed by atoms with Crippen LogP contribution in [0.15, 0.2) is 10.5 Å². The zero-order valence-electron chi connectivity index (χ0n) is 9.92. The summed E-state index contributed by atoms with van der Waals surface area (Å²) in [7, 11) is 0. The van der Waals surface area contributed by atoms with Gasteiger partial charge < -0.3 is 14.6 Å². The molecular formula is C13H15BrO3. The van der Waals surface area contributed by atoms with Crippen LogP contribution < -0.4 is 9.47 Å². The van der Waals surface area contributed by atoms with Gasteiger partial charge >= 0.3 is 0 Å². The summed E-state index contributed by atoms with van der Waals surface area (Å²) in [5, 5.41) is 10.2. The minimum absolute atomic E-state index is 0.0383. The predicted molar refractivity (Wildman–Crippen MR) is 67.7 cm³/mol. The molecule has 3 rings (SSSR count).